The Bertz CT molecular complexity index is 446. The molecular weight excluding hydrogens is 343 g/mol. The lowest BCUT2D eigenvalue weighted by Crippen LogP contribution is -2.44. The second-order valence-corrected chi connectivity index (χ2v) is 9.42. The van der Waals surface area contributed by atoms with Crippen molar-refractivity contribution in [1.82, 2.24) is 0 Å². The standard InChI is InChI=1S/C14H21IO3/c1-9(15-3)11(16)18-14-6-10-4-12(14,2)7-13(17,5-10)8-14/h10,17H,4-8H2,1-3H3. The molecule has 0 aromatic heterocycles. The van der Waals surface area contributed by atoms with Gasteiger partial charge in [0, 0.05) is 11.8 Å². The predicted octanol–water partition coefficient (Wildman–Crippen LogP) is 2.41. The number of alkyl halides is 1. The number of hydrogen-bond donors (Lipinski definition) is 1. The van der Waals surface area contributed by atoms with E-state index in [0.717, 1.165) is 29.2 Å². The smallest absolute Gasteiger partial charge is 0.339 e. The fourth-order valence-corrected chi connectivity index (χ4v) is 5.35. The lowest BCUT2D eigenvalue weighted by atomic mass is 9.74. The van der Waals surface area contributed by atoms with Gasteiger partial charge in [-0.1, -0.05) is 6.92 Å². The van der Waals surface area contributed by atoms with E-state index in [1.54, 1.807) is 0 Å². The summed E-state index contributed by atoms with van der Waals surface area (Å²) in [6.07, 6.45) is 4.46. The van der Waals surface area contributed by atoms with E-state index in [1.807, 2.05) is 6.92 Å². The molecule has 4 saturated carbocycles. The molecule has 0 aliphatic heterocycles. The van der Waals surface area contributed by atoms with Gasteiger partial charge in [-0.25, -0.2) is 4.79 Å². The maximum Gasteiger partial charge on any atom is 0.339 e. The van der Waals surface area contributed by atoms with Gasteiger partial charge in [0.1, 0.15) is 5.60 Å². The van der Waals surface area contributed by atoms with Gasteiger partial charge in [0.15, 0.2) is 0 Å². The number of halogens is 1. The molecule has 3 nitrogen and oxygen atoms in total. The molecule has 0 radical (unpaired) electrons. The van der Waals surface area contributed by atoms with Crippen molar-refractivity contribution < 1.29 is 14.6 Å². The maximum atomic E-state index is 12.1. The normalized spacial score (nSPS) is 50.2. The van der Waals surface area contributed by atoms with Crippen LogP contribution in [0.5, 0.6) is 0 Å². The van der Waals surface area contributed by atoms with Crippen molar-refractivity contribution in [2.75, 3.05) is 4.93 Å². The molecule has 4 rings (SSSR count). The summed E-state index contributed by atoms with van der Waals surface area (Å²) in [5.74, 6) is 0.440. The largest absolute Gasteiger partial charge is 0.455 e. The molecular formula is C14H21IO3. The minimum absolute atomic E-state index is 0.00662. The van der Waals surface area contributed by atoms with E-state index in [9.17, 15) is 9.90 Å². The first kappa shape index (κ1) is 13.0. The van der Waals surface area contributed by atoms with Gasteiger partial charge in [-0.15, -0.1) is 20.7 Å². The first-order valence-electron chi connectivity index (χ1n) is 6.60. The fraction of sp³-hybridized carbons (Fsp3) is 0.857. The van der Waals surface area contributed by atoms with Crippen LogP contribution in [-0.4, -0.2) is 30.7 Å². The minimum Gasteiger partial charge on any atom is -0.455 e. The Labute approximate surface area is 118 Å². The third-order valence-corrected chi connectivity index (χ3v) is 7.37. The monoisotopic (exact) mass is 364 g/mol. The number of carbonyl (C=O) groups excluding carboxylic acids is 1. The molecule has 18 heavy (non-hydrogen) atoms. The van der Waals surface area contributed by atoms with E-state index >= 15 is 0 Å². The van der Waals surface area contributed by atoms with Gasteiger partial charge in [0.05, 0.1) is 9.11 Å². The third kappa shape index (κ3) is 1.64. The van der Waals surface area contributed by atoms with Crippen LogP contribution in [0.1, 0.15) is 46.0 Å². The predicted molar refractivity (Wildman–Crippen MR) is 79.1 cm³/mol. The Morgan fingerprint density at radius 3 is 2.67 bits per heavy atom. The Morgan fingerprint density at radius 2 is 2.06 bits per heavy atom. The molecule has 4 unspecified atom stereocenters. The van der Waals surface area contributed by atoms with Crippen molar-refractivity contribution in [3.05, 3.63) is 0 Å². The number of rotatable bonds is 2. The Balaban J connectivity index is 1.90. The summed E-state index contributed by atoms with van der Waals surface area (Å²) in [4.78, 5) is 14.2. The summed E-state index contributed by atoms with van der Waals surface area (Å²) in [6, 6.07) is 0. The van der Waals surface area contributed by atoms with Crippen LogP contribution in [0.4, 0.5) is 0 Å². The topological polar surface area (TPSA) is 46.5 Å². The quantitative estimate of drug-likeness (QED) is 0.465. The Kier molecular flexibility index (Phi) is 2.74. The van der Waals surface area contributed by atoms with Crippen LogP contribution in [0.3, 0.4) is 0 Å². The molecule has 4 fully saturated rings. The van der Waals surface area contributed by atoms with E-state index in [1.165, 1.54) is 0 Å². The number of aliphatic hydroxyl groups is 1. The van der Waals surface area contributed by atoms with E-state index < -0.39 is 5.60 Å². The second-order valence-electron chi connectivity index (χ2n) is 6.72. The molecule has 0 amide bonds. The van der Waals surface area contributed by atoms with Gasteiger partial charge in [-0.3, -0.25) is 0 Å². The molecule has 102 valence electrons. The van der Waals surface area contributed by atoms with Crippen LogP contribution in [0.2, 0.25) is 0 Å². The van der Waals surface area contributed by atoms with Crippen molar-refractivity contribution in [2.24, 2.45) is 11.3 Å². The zero-order chi connectivity index (χ0) is 13.2. The highest BCUT2D eigenvalue weighted by Gasteiger charge is 2.71. The van der Waals surface area contributed by atoms with Crippen molar-refractivity contribution in [2.45, 2.75) is 57.2 Å². The summed E-state index contributed by atoms with van der Waals surface area (Å²) in [6.45, 7) is 4.09. The second kappa shape index (κ2) is 3.78. The Hall–Kier alpha value is 0.0300. The van der Waals surface area contributed by atoms with Crippen molar-refractivity contribution in [1.29, 1.82) is 0 Å². The molecule has 0 saturated heterocycles. The van der Waals surface area contributed by atoms with E-state index in [4.69, 9.17) is 4.74 Å². The van der Waals surface area contributed by atoms with Gasteiger partial charge >= 0.3 is 5.97 Å². The highest BCUT2D eigenvalue weighted by atomic mass is 127. The molecule has 0 spiro atoms. The molecule has 4 heteroatoms. The van der Waals surface area contributed by atoms with Crippen LogP contribution >= 0.6 is 20.7 Å². The third-order valence-electron chi connectivity index (χ3n) is 5.31. The molecule has 0 aromatic carbocycles. The molecule has 4 bridgehead atoms. The van der Waals surface area contributed by atoms with E-state index in [0.29, 0.717) is 12.3 Å². The van der Waals surface area contributed by atoms with Crippen LogP contribution < -0.4 is 0 Å². The van der Waals surface area contributed by atoms with E-state index in [2.05, 4.69) is 11.9 Å². The fourth-order valence-electron chi connectivity index (χ4n) is 4.80. The number of hydrogen-bond acceptors (Lipinski definition) is 3. The van der Waals surface area contributed by atoms with Crippen LogP contribution in [0, 0.1) is 11.3 Å². The Morgan fingerprint density at radius 1 is 1.33 bits per heavy atom. The number of esters is 1. The minimum atomic E-state index is -0.564. The summed E-state index contributed by atoms with van der Waals surface area (Å²) in [5.41, 5.74) is -0.931. The average Bonchev–Trinajstić information content (AvgIpc) is 2.51. The molecule has 4 aliphatic carbocycles. The first-order chi connectivity index (χ1) is 8.31. The lowest BCUT2D eigenvalue weighted by Gasteiger charge is -2.37. The number of carbonyl (C=O) groups is 1. The summed E-state index contributed by atoms with van der Waals surface area (Å²) in [5, 5.41) is 10.6. The zero-order valence-electron chi connectivity index (χ0n) is 11.3. The molecule has 0 aromatic rings. The zero-order valence-corrected chi connectivity index (χ0v) is 13.4. The van der Waals surface area contributed by atoms with Crippen molar-refractivity contribution in [3.8, 4) is 0 Å². The van der Waals surface area contributed by atoms with Gasteiger partial charge < -0.3 is 9.84 Å². The SMILES string of the molecule is CI=C(C)C(=O)OC12CC3CC(O)(CC1(C)C3)C2. The van der Waals surface area contributed by atoms with Crippen LogP contribution in [0.25, 0.3) is 0 Å². The van der Waals surface area contributed by atoms with Crippen LogP contribution in [0.15, 0.2) is 0 Å². The van der Waals surface area contributed by atoms with Gasteiger partial charge in [-0.2, -0.15) is 0 Å². The van der Waals surface area contributed by atoms with Gasteiger partial charge in [0.2, 0.25) is 0 Å². The van der Waals surface area contributed by atoms with Crippen molar-refractivity contribution >= 4 is 30.2 Å². The summed E-state index contributed by atoms with van der Waals surface area (Å²) < 4.78 is 6.83. The molecule has 0 heterocycles. The summed E-state index contributed by atoms with van der Waals surface area (Å²) in [7, 11) is 0. The maximum absolute atomic E-state index is 12.1. The molecule has 1 N–H and O–H groups in total. The van der Waals surface area contributed by atoms with Crippen molar-refractivity contribution in [3.63, 3.8) is 0 Å². The highest BCUT2D eigenvalue weighted by Crippen LogP contribution is 2.70. The van der Waals surface area contributed by atoms with E-state index in [-0.39, 0.29) is 37.7 Å². The first-order valence-corrected chi connectivity index (χ1v) is 9.84. The summed E-state index contributed by atoms with van der Waals surface area (Å²) >= 11 is -0.190. The molecule has 4 atom stereocenters. The highest BCUT2D eigenvalue weighted by molar-refractivity contribution is 14.2. The van der Waals surface area contributed by atoms with Crippen LogP contribution in [-0.2, 0) is 9.53 Å². The number of ether oxygens (including phenoxy) is 1. The van der Waals surface area contributed by atoms with Gasteiger partial charge in [0.25, 0.3) is 0 Å². The average molecular weight is 364 g/mol. The lowest BCUT2D eigenvalue weighted by molar-refractivity contribution is -0.161. The molecule has 4 aliphatic rings. The van der Waals surface area contributed by atoms with Gasteiger partial charge in [-0.05, 0) is 43.5 Å².